The first-order chi connectivity index (χ1) is 16.3. The molecule has 0 heterocycles. The van der Waals surface area contributed by atoms with Crippen LogP contribution in [-0.4, -0.2) is 28.0 Å². The highest BCUT2D eigenvalue weighted by Crippen LogP contribution is 2.28. The molecule has 1 N–H and O–H groups in total. The van der Waals surface area contributed by atoms with E-state index in [0.29, 0.717) is 18.5 Å². The third kappa shape index (κ3) is 5.59. The van der Waals surface area contributed by atoms with Gasteiger partial charge in [0, 0.05) is 0 Å². The van der Waals surface area contributed by atoms with Gasteiger partial charge in [-0.2, -0.15) is 0 Å². The second kappa shape index (κ2) is 11.2. The number of nitrogens with zero attached hydrogens (tertiary/aromatic N) is 1. The maximum absolute atomic E-state index is 13.6. The largest absolute Gasteiger partial charge is 0.496 e. The SMILES string of the molecule is CCc1ccccc1N(CC(=O)N[C@@H](CC)c1ccc(OC)c(C)c1)S(=O)(=O)c1ccccc1. The molecular formula is C27H32N2O4S. The number of benzene rings is 3. The Morgan fingerprint density at radius 1 is 1.00 bits per heavy atom. The first-order valence-electron chi connectivity index (χ1n) is 11.4. The maximum Gasteiger partial charge on any atom is 0.264 e. The van der Waals surface area contributed by atoms with Crippen LogP contribution in [0.2, 0.25) is 0 Å². The van der Waals surface area contributed by atoms with E-state index in [1.165, 1.54) is 4.31 Å². The molecule has 1 atom stereocenters. The molecule has 0 aliphatic heterocycles. The van der Waals surface area contributed by atoms with E-state index in [-0.39, 0.29) is 23.4 Å². The fraction of sp³-hybridized carbons (Fsp3) is 0.296. The predicted octanol–water partition coefficient (Wildman–Crippen LogP) is 5.03. The molecule has 0 unspecified atom stereocenters. The average Bonchev–Trinajstić information content (AvgIpc) is 2.86. The second-order valence-corrected chi connectivity index (χ2v) is 9.93. The monoisotopic (exact) mass is 480 g/mol. The number of methoxy groups -OCH3 is 1. The first-order valence-corrected chi connectivity index (χ1v) is 12.8. The fourth-order valence-electron chi connectivity index (χ4n) is 3.98. The summed E-state index contributed by atoms with van der Waals surface area (Å²) in [5.41, 5.74) is 3.28. The van der Waals surface area contributed by atoms with Crippen LogP contribution >= 0.6 is 0 Å². The molecule has 0 radical (unpaired) electrons. The van der Waals surface area contributed by atoms with E-state index in [1.807, 2.05) is 51.1 Å². The van der Waals surface area contributed by atoms with Gasteiger partial charge in [-0.3, -0.25) is 9.10 Å². The Bertz CT molecular complexity index is 1230. The lowest BCUT2D eigenvalue weighted by Crippen LogP contribution is -2.42. The van der Waals surface area contributed by atoms with Crippen molar-refractivity contribution in [1.29, 1.82) is 0 Å². The highest BCUT2D eigenvalue weighted by Gasteiger charge is 2.29. The van der Waals surface area contributed by atoms with Crippen molar-refractivity contribution in [3.05, 3.63) is 89.5 Å². The van der Waals surface area contributed by atoms with Gasteiger partial charge in [0.25, 0.3) is 10.0 Å². The topological polar surface area (TPSA) is 75.7 Å². The summed E-state index contributed by atoms with van der Waals surface area (Å²) in [6.45, 7) is 5.58. The highest BCUT2D eigenvalue weighted by molar-refractivity contribution is 7.92. The van der Waals surface area contributed by atoms with Gasteiger partial charge >= 0.3 is 0 Å². The summed E-state index contributed by atoms with van der Waals surface area (Å²) < 4.78 is 33.8. The Hall–Kier alpha value is -3.32. The van der Waals surface area contributed by atoms with E-state index in [2.05, 4.69) is 5.32 Å². The summed E-state index contributed by atoms with van der Waals surface area (Å²) in [7, 11) is -2.33. The number of rotatable bonds is 10. The summed E-state index contributed by atoms with van der Waals surface area (Å²) in [4.78, 5) is 13.4. The van der Waals surface area contributed by atoms with E-state index >= 15 is 0 Å². The molecule has 180 valence electrons. The number of carbonyl (C=O) groups excluding carboxylic acids is 1. The van der Waals surface area contributed by atoms with Gasteiger partial charge < -0.3 is 10.1 Å². The fourth-order valence-corrected chi connectivity index (χ4v) is 5.46. The number of hydrogen-bond acceptors (Lipinski definition) is 4. The summed E-state index contributed by atoms with van der Waals surface area (Å²) in [6, 6.07) is 21.0. The second-order valence-electron chi connectivity index (χ2n) is 8.06. The Kier molecular flexibility index (Phi) is 8.34. The van der Waals surface area contributed by atoms with Gasteiger partial charge in [0.1, 0.15) is 12.3 Å². The molecule has 34 heavy (non-hydrogen) atoms. The van der Waals surface area contributed by atoms with Crippen LogP contribution in [0.1, 0.15) is 43.0 Å². The molecule has 0 saturated heterocycles. The number of hydrogen-bond donors (Lipinski definition) is 1. The van der Waals surface area contributed by atoms with Crippen molar-refractivity contribution in [3.63, 3.8) is 0 Å². The Morgan fingerprint density at radius 2 is 1.68 bits per heavy atom. The van der Waals surface area contributed by atoms with Crippen molar-refractivity contribution < 1.29 is 17.9 Å². The Morgan fingerprint density at radius 3 is 2.29 bits per heavy atom. The molecule has 0 saturated carbocycles. The Labute approximate surface area is 202 Å². The third-order valence-electron chi connectivity index (χ3n) is 5.82. The van der Waals surface area contributed by atoms with Crippen LogP contribution in [0.4, 0.5) is 5.69 Å². The number of sulfonamides is 1. The minimum atomic E-state index is -3.95. The van der Waals surface area contributed by atoms with Crippen LogP contribution in [0.15, 0.2) is 77.7 Å². The normalized spacial score (nSPS) is 12.1. The van der Waals surface area contributed by atoms with E-state index < -0.39 is 10.0 Å². The molecule has 6 nitrogen and oxygen atoms in total. The minimum absolute atomic E-state index is 0.145. The molecular weight excluding hydrogens is 448 g/mol. The lowest BCUT2D eigenvalue weighted by molar-refractivity contribution is -0.120. The van der Waals surface area contributed by atoms with Crippen LogP contribution in [-0.2, 0) is 21.2 Å². The number of amides is 1. The molecule has 3 aromatic rings. The highest BCUT2D eigenvalue weighted by atomic mass is 32.2. The standard InChI is InChI=1S/C27H32N2O4S/c1-5-21-12-10-11-15-25(21)29(34(31,32)23-13-8-7-9-14-23)19-27(30)28-24(6-2)22-16-17-26(33-4)20(3)18-22/h7-18,24H,5-6,19H2,1-4H3,(H,28,30)/t24-/m0/s1. The Balaban J connectivity index is 1.93. The van der Waals surface area contributed by atoms with Gasteiger partial charge in [0.2, 0.25) is 5.91 Å². The minimum Gasteiger partial charge on any atom is -0.496 e. The molecule has 1 amide bonds. The summed E-state index contributed by atoms with van der Waals surface area (Å²) >= 11 is 0. The van der Waals surface area contributed by atoms with Gasteiger partial charge in [0.15, 0.2) is 0 Å². The number of para-hydroxylation sites is 1. The number of anilines is 1. The van der Waals surface area contributed by atoms with Gasteiger partial charge in [-0.25, -0.2) is 8.42 Å². The smallest absolute Gasteiger partial charge is 0.264 e. The molecule has 3 rings (SSSR count). The van der Waals surface area contributed by atoms with Crippen LogP contribution < -0.4 is 14.4 Å². The number of aryl methyl sites for hydroxylation is 2. The van der Waals surface area contributed by atoms with Gasteiger partial charge in [0.05, 0.1) is 23.7 Å². The van der Waals surface area contributed by atoms with E-state index in [1.54, 1.807) is 49.6 Å². The van der Waals surface area contributed by atoms with Crippen molar-refractivity contribution in [3.8, 4) is 5.75 Å². The maximum atomic E-state index is 13.6. The average molecular weight is 481 g/mol. The van der Waals surface area contributed by atoms with Crippen molar-refractivity contribution in [2.75, 3.05) is 18.0 Å². The number of nitrogens with one attached hydrogen (secondary N) is 1. The van der Waals surface area contributed by atoms with E-state index in [9.17, 15) is 13.2 Å². The zero-order valence-corrected chi connectivity index (χ0v) is 20.9. The van der Waals surface area contributed by atoms with Crippen molar-refractivity contribution in [2.45, 2.75) is 44.6 Å². The van der Waals surface area contributed by atoms with Crippen LogP contribution in [0.5, 0.6) is 5.75 Å². The van der Waals surface area contributed by atoms with Gasteiger partial charge in [-0.05, 0) is 60.7 Å². The third-order valence-corrected chi connectivity index (χ3v) is 7.60. The quantitative estimate of drug-likeness (QED) is 0.442. The van der Waals surface area contributed by atoms with E-state index in [4.69, 9.17) is 4.74 Å². The van der Waals surface area contributed by atoms with Gasteiger partial charge in [-0.15, -0.1) is 0 Å². The first kappa shape index (κ1) is 25.3. The van der Waals surface area contributed by atoms with Crippen molar-refractivity contribution >= 4 is 21.6 Å². The molecule has 0 aromatic heterocycles. The zero-order valence-electron chi connectivity index (χ0n) is 20.1. The number of ether oxygens (including phenoxy) is 1. The van der Waals surface area contributed by atoms with Crippen LogP contribution in [0.25, 0.3) is 0 Å². The summed E-state index contributed by atoms with van der Waals surface area (Å²) in [5.74, 6) is 0.409. The summed E-state index contributed by atoms with van der Waals surface area (Å²) in [5, 5.41) is 3.02. The van der Waals surface area contributed by atoms with Crippen LogP contribution in [0, 0.1) is 6.92 Å². The molecule has 0 spiro atoms. The molecule has 0 aliphatic rings. The molecule has 0 fully saturated rings. The lowest BCUT2D eigenvalue weighted by Gasteiger charge is -2.27. The number of carbonyl (C=O) groups is 1. The predicted molar refractivity (Wildman–Crippen MR) is 136 cm³/mol. The zero-order chi connectivity index (χ0) is 24.7. The molecule has 0 bridgehead atoms. The van der Waals surface area contributed by atoms with E-state index in [0.717, 1.165) is 22.4 Å². The summed E-state index contributed by atoms with van der Waals surface area (Å²) in [6.07, 6.45) is 1.30. The molecule has 0 aliphatic carbocycles. The van der Waals surface area contributed by atoms with Crippen LogP contribution in [0.3, 0.4) is 0 Å². The van der Waals surface area contributed by atoms with Gasteiger partial charge in [-0.1, -0.05) is 62.4 Å². The van der Waals surface area contributed by atoms with Crippen molar-refractivity contribution in [2.24, 2.45) is 0 Å². The molecule has 7 heteroatoms. The molecule has 3 aromatic carbocycles. The lowest BCUT2D eigenvalue weighted by atomic mass is 10.0. The van der Waals surface area contributed by atoms with Crippen molar-refractivity contribution in [1.82, 2.24) is 5.32 Å².